The van der Waals surface area contributed by atoms with E-state index in [0.717, 1.165) is 0 Å². The van der Waals surface area contributed by atoms with Crippen LogP contribution in [-0.2, 0) is 166 Å². The smallest absolute Gasteiger partial charge is 0.264 e. The van der Waals surface area contributed by atoms with Gasteiger partial charge in [-0.25, -0.2) is 0 Å². The van der Waals surface area contributed by atoms with E-state index in [4.69, 9.17) is 280 Å². The Morgan fingerprint density at radius 1 is 0.0750 bits per heavy atom. The van der Waals surface area contributed by atoms with Crippen LogP contribution >= 0.6 is 0 Å². The fourth-order valence-corrected chi connectivity index (χ4v) is 0. The first kappa shape index (κ1) is 120. The average molecular weight is 1570 g/mol. The molecule has 0 rings (SSSR count). The number of rotatable bonds is 0. The maximum Gasteiger partial charge on any atom is 0.394 e. The first-order valence-electron chi connectivity index (χ1n) is 11.2. The van der Waals surface area contributed by atoms with Crippen LogP contribution in [0.15, 0.2) is 0 Å². The predicted molar refractivity (Wildman–Crippen MR) is 227 cm³/mol. The molecule has 32 N–H and O–H groups in total. The Hall–Kier alpha value is -2.08. The minimum atomic E-state index is -4.67. The van der Waals surface area contributed by atoms with Gasteiger partial charge in [-0.2, -0.15) is 135 Å². The molecule has 0 aliphatic heterocycles. The summed E-state index contributed by atoms with van der Waals surface area (Å²) < 4.78 is 505. The predicted octanol–water partition coefficient (Wildman–Crippen LogP) is -10.4. The van der Waals surface area contributed by atoms with Crippen LogP contribution in [-0.4, -0.2) is 280 Å². The first-order valence-corrected chi connectivity index (χ1v) is 33.5. The third-order valence-corrected chi connectivity index (χ3v) is 0. The summed E-state index contributed by atoms with van der Waals surface area (Å²) >= 11 is 0. The van der Waals surface area contributed by atoms with Gasteiger partial charge in [0, 0.05) is 0 Å². The lowest BCUT2D eigenvalue weighted by atomic mass is 15.8. The van der Waals surface area contributed by atoms with E-state index in [-0.39, 0.29) is 0 Å². The van der Waals surface area contributed by atoms with Crippen LogP contribution < -0.4 is 0 Å². The van der Waals surface area contributed by atoms with Crippen LogP contribution in [0.3, 0.4) is 0 Å². The molecular weight excluding hydrogens is 1540 g/mol. The van der Waals surface area contributed by atoms with E-state index in [1.165, 1.54) is 0 Å². The lowest BCUT2D eigenvalue weighted by Crippen LogP contribution is -1.89. The summed E-state index contributed by atoms with van der Waals surface area (Å²) in [5, 5.41) is 0. The van der Waals surface area contributed by atoms with Crippen molar-refractivity contribution in [2.45, 2.75) is 0 Å². The van der Waals surface area contributed by atoms with E-state index < -0.39 is 166 Å². The van der Waals surface area contributed by atoms with Gasteiger partial charge in [0.25, 0.3) is 0 Å². The third kappa shape index (κ3) is 98500. The molecule has 0 bridgehead atoms. The lowest BCUT2D eigenvalue weighted by molar-refractivity contribution is 0.378. The third-order valence-electron chi connectivity index (χ3n) is 0. The molecule has 0 amide bonds. The standard InChI is InChI=1S/16H2O4S/c16*1-5(2,3)4/h16*(H2,1,2,3,4). The Labute approximate surface area is 444 Å². The fraction of sp³-hybridized carbons (Fsp3) is 0. The zero-order chi connectivity index (χ0) is 72.0. The van der Waals surface area contributed by atoms with Crippen LogP contribution in [0.4, 0.5) is 0 Å². The minimum Gasteiger partial charge on any atom is -0.264 e. The zero-order valence-corrected chi connectivity index (χ0v) is 47.0. The van der Waals surface area contributed by atoms with Gasteiger partial charge in [-0.1, -0.05) is 0 Å². The Morgan fingerprint density at radius 3 is 0.0750 bits per heavy atom. The van der Waals surface area contributed by atoms with Crippen LogP contribution in [0.1, 0.15) is 0 Å². The van der Waals surface area contributed by atoms with Crippen molar-refractivity contribution in [3.8, 4) is 0 Å². The summed E-state index contributed by atoms with van der Waals surface area (Å²) in [5.41, 5.74) is 0. The van der Waals surface area contributed by atoms with Crippen molar-refractivity contribution in [3.05, 3.63) is 0 Å². The van der Waals surface area contributed by atoms with Crippen LogP contribution in [0.5, 0.6) is 0 Å². The lowest BCUT2D eigenvalue weighted by Gasteiger charge is -1.68. The molecule has 0 unspecified atom stereocenters. The molecule has 0 atom stereocenters. The molecule has 0 aromatic heterocycles. The van der Waals surface area contributed by atoms with Crippen molar-refractivity contribution in [2.75, 3.05) is 0 Å². The number of hydrogen-bond donors (Lipinski definition) is 32. The molecular formula is H32O64S16. The molecule has 0 saturated heterocycles. The largest absolute Gasteiger partial charge is 0.394 e. The Bertz CT molecular complexity index is 2350. The van der Waals surface area contributed by atoms with Gasteiger partial charge in [-0.15, -0.1) is 0 Å². The van der Waals surface area contributed by atoms with Gasteiger partial charge < -0.3 is 0 Å². The molecule has 0 aliphatic carbocycles. The van der Waals surface area contributed by atoms with Crippen molar-refractivity contribution < 1.29 is 280 Å². The SMILES string of the molecule is O=S(=O)(O)O.O=S(=O)(O)O.O=S(=O)(O)O.O=S(=O)(O)O.O=S(=O)(O)O.O=S(=O)(O)O.O=S(=O)(O)O.O=S(=O)(O)O.O=S(=O)(O)O.O=S(=O)(O)O.O=S(=O)(O)O.O=S(=O)(O)O.O=S(=O)(O)O.O=S(=O)(O)O.O=S(=O)(O)O.O=S(=O)(O)O. The highest BCUT2D eigenvalue weighted by Gasteiger charge is 1.91. The van der Waals surface area contributed by atoms with Gasteiger partial charge in [0.15, 0.2) is 0 Å². The van der Waals surface area contributed by atoms with Crippen molar-refractivity contribution in [1.29, 1.82) is 0 Å². The van der Waals surface area contributed by atoms with Crippen LogP contribution in [0.25, 0.3) is 0 Å². The molecule has 80 heteroatoms. The minimum absolute atomic E-state index is 4.67. The van der Waals surface area contributed by atoms with Gasteiger partial charge in [-0.3, -0.25) is 146 Å². The van der Waals surface area contributed by atoms with E-state index in [0.29, 0.717) is 0 Å². The van der Waals surface area contributed by atoms with Crippen LogP contribution in [0, 0.1) is 0 Å². The van der Waals surface area contributed by atoms with E-state index in [1.807, 2.05) is 0 Å². The summed E-state index contributed by atoms with van der Waals surface area (Å²) in [7, 11) is -74.7. The molecule has 512 valence electrons. The van der Waals surface area contributed by atoms with Gasteiger partial charge in [-0.05, 0) is 0 Å². The molecule has 0 aromatic rings. The Kier molecular flexibility index (Phi) is 75.5. The molecule has 0 spiro atoms. The second-order valence-corrected chi connectivity index (χ2v) is 21.5. The summed E-state index contributed by atoms with van der Waals surface area (Å²) in [6.07, 6.45) is 0. The number of hydrogen-bond acceptors (Lipinski definition) is 32. The molecule has 0 heterocycles. The first-order chi connectivity index (χ1) is 32.0. The average Bonchev–Trinajstić information content (AvgIpc) is 2.70. The zero-order valence-electron chi connectivity index (χ0n) is 33.9. The molecule has 0 aliphatic rings. The van der Waals surface area contributed by atoms with Crippen LogP contribution in [0.2, 0.25) is 0 Å². The topological polar surface area (TPSA) is 1190 Å². The maximum atomic E-state index is 8.74. The summed E-state index contributed by atoms with van der Waals surface area (Å²) in [4.78, 5) is 0. The van der Waals surface area contributed by atoms with Crippen molar-refractivity contribution in [3.63, 3.8) is 0 Å². The molecule has 0 radical (unpaired) electrons. The Balaban J connectivity index is -0.0000000390. The normalized spacial score (nSPS) is 11.6. The summed E-state index contributed by atoms with van der Waals surface area (Å²) in [6.45, 7) is 0. The molecule has 0 fully saturated rings. The highest BCUT2D eigenvalue weighted by atomic mass is 32.3. The highest BCUT2D eigenvalue weighted by Crippen LogP contribution is 1.65. The maximum absolute atomic E-state index is 8.74. The monoisotopic (exact) mass is 1570 g/mol. The van der Waals surface area contributed by atoms with Gasteiger partial charge >= 0.3 is 166 Å². The molecule has 80 heavy (non-hydrogen) atoms. The molecule has 64 nitrogen and oxygen atoms in total. The van der Waals surface area contributed by atoms with E-state index in [9.17, 15) is 0 Å². The van der Waals surface area contributed by atoms with Crippen molar-refractivity contribution in [1.82, 2.24) is 0 Å². The van der Waals surface area contributed by atoms with E-state index in [2.05, 4.69) is 0 Å². The van der Waals surface area contributed by atoms with Gasteiger partial charge in [0.05, 0.1) is 0 Å². The summed E-state index contributed by atoms with van der Waals surface area (Å²) in [6, 6.07) is 0. The van der Waals surface area contributed by atoms with E-state index >= 15 is 0 Å². The molecule has 0 saturated carbocycles. The van der Waals surface area contributed by atoms with Gasteiger partial charge in [0.1, 0.15) is 0 Å². The Morgan fingerprint density at radius 2 is 0.0750 bits per heavy atom. The van der Waals surface area contributed by atoms with Crippen molar-refractivity contribution >= 4 is 166 Å². The molecule has 0 aromatic carbocycles. The van der Waals surface area contributed by atoms with Crippen molar-refractivity contribution in [2.24, 2.45) is 0 Å². The second-order valence-electron chi connectivity index (χ2n) is 7.17. The van der Waals surface area contributed by atoms with Gasteiger partial charge in [0.2, 0.25) is 0 Å². The summed E-state index contributed by atoms with van der Waals surface area (Å²) in [5.74, 6) is 0. The second kappa shape index (κ2) is 50.3. The quantitative estimate of drug-likeness (QED) is 0.100. The fourth-order valence-electron chi connectivity index (χ4n) is 0. The van der Waals surface area contributed by atoms with E-state index in [1.54, 1.807) is 0 Å². The highest BCUT2D eigenvalue weighted by molar-refractivity contribution is 7.83.